The second-order valence-corrected chi connectivity index (χ2v) is 7.18. The smallest absolute Gasteiger partial charge is 0.234 e. The van der Waals surface area contributed by atoms with Crippen LogP contribution in [0.2, 0.25) is 0 Å². The van der Waals surface area contributed by atoms with Crippen molar-refractivity contribution in [2.45, 2.75) is 18.2 Å². The summed E-state index contributed by atoms with van der Waals surface area (Å²) < 4.78 is 3.72. The standard InChI is InChI=1S/C20H19N7OS/c1-2-12-26-18(13-27-17-11-7-6-10-16(17)22-25-27)23-24-20(26)29-14-19(28)21-15-8-4-3-5-9-15/h2-11H,1,12-14H2,(H,21,28). The highest BCUT2D eigenvalue weighted by Gasteiger charge is 2.15. The molecule has 2 heterocycles. The quantitative estimate of drug-likeness (QED) is 0.358. The molecule has 2 aromatic carbocycles. The summed E-state index contributed by atoms with van der Waals surface area (Å²) in [6.45, 7) is 4.78. The van der Waals surface area contributed by atoms with E-state index >= 15 is 0 Å². The van der Waals surface area contributed by atoms with Gasteiger partial charge >= 0.3 is 0 Å². The average Bonchev–Trinajstić information content (AvgIpc) is 3.32. The number of hydrogen-bond donors (Lipinski definition) is 1. The van der Waals surface area contributed by atoms with Crippen molar-refractivity contribution in [1.29, 1.82) is 0 Å². The molecule has 4 rings (SSSR count). The molecule has 1 N–H and O–H groups in total. The van der Waals surface area contributed by atoms with Gasteiger partial charge in [-0.2, -0.15) is 0 Å². The maximum Gasteiger partial charge on any atom is 0.234 e. The summed E-state index contributed by atoms with van der Waals surface area (Å²) in [7, 11) is 0. The predicted octanol–water partition coefficient (Wildman–Crippen LogP) is 2.99. The Morgan fingerprint density at radius 3 is 2.69 bits per heavy atom. The van der Waals surface area contributed by atoms with Crippen molar-refractivity contribution < 1.29 is 4.79 Å². The van der Waals surface area contributed by atoms with Gasteiger partial charge in [-0.05, 0) is 24.3 Å². The van der Waals surface area contributed by atoms with Crippen LogP contribution in [0, 0.1) is 0 Å². The van der Waals surface area contributed by atoms with Crippen LogP contribution < -0.4 is 5.32 Å². The van der Waals surface area contributed by atoms with Gasteiger partial charge in [-0.3, -0.25) is 4.79 Å². The van der Waals surface area contributed by atoms with Crippen LogP contribution in [0.1, 0.15) is 5.82 Å². The van der Waals surface area contributed by atoms with E-state index in [1.165, 1.54) is 11.8 Å². The molecule has 0 bridgehead atoms. The van der Waals surface area contributed by atoms with Gasteiger partial charge in [0.05, 0.1) is 11.3 Å². The number of allylic oxidation sites excluding steroid dienone is 1. The molecule has 0 atom stereocenters. The molecular formula is C20H19N7OS. The third-order valence-corrected chi connectivity index (χ3v) is 5.17. The van der Waals surface area contributed by atoms with E-state index in [4.69, 9.17) is 0 Å². The van der Waals surface area contributed by atoms with Crippen molar-refractivity contribution >= 4 is 34.4 Å². The van der Waals surface area contributed by atoms with Gasteiger partial charge in [0.15, 0.2) is 11.0 Å². The fourth-order valence-electron chi connectivity index (χ4n) is 2.87. The number of hydrogen-bond acceptors (Lipinski definition) is 6. The van der Waals surface area contributed by atoms with Gasteiger partial charge in [0, 0.05) is 12.2 Å². The van der Waals surface area contributed by atoms with Crippen molar-refractivity contribution in [2.24, 2.45) is 0 Å². The zero-order valence-corrected chi connectivity index (χ0v) is 16.4. The normalized spacial score (nSPS) is 10.9. The number of nitrogens with one attached hydrogen (secondary N) is 1. The number of nitrogens with zero attached hydrogens (tertiary/aromatic N) is 6. The highest BCUT2D eigenvalue weighted by molar-refractivity contribution is 7.99. The highest BCUT2D eigenvalue weighted by Crippen LogP contribution is 2.19. The van der Waals surface area contributed by atoms with Crippen LogP contribution in [-0.2, 0) is 17.9 Å². The Morgan fingerprint density at radius 2 is 1.86 bits per heavy atom. The lowest BCUT2D eigenvalue weighted by Crippen LogP contribution is -2.15. The Morgan fingerprint density at radius 1 is 1.07 bits per heavy atom. The van der Waals surface area contributed by atoms with Crippen LogP contribution in [0.25, 0.3) is 11.0 Å². The van der Waals surface area contributed by atoms with E-state index in [1.807, 2.05) is 59.2 Å². The minimum absolute atomic E-state index is 0.0989. The Hall–Kier alpha value is -3.46. The van der Waals surface area contributed by atoms with Crippen molar-refractivity contribution in [3.05, 3.63) is 73.1 Å². The van der Waals surface area contributed by atoms with Crippen LogP contribution in [0.5, 0.6) is 0 Å². The molecule has 146 valence electrons. The highest BCUT2D eigenvalue weighted by atomic mass is 32.2. The maximum atomic E-state index is 12.2. The van der Waals surface area contributed by atoms with Crippen LogP contribution in [0.4, 0.5) is 5.69 Å². The lowest BCUT2D eigenvalue weighted by Gasteiger charge is -2.08. The van der Waals surface area contributed by atoms with Crippen LogP contribution >= 0.6 is 11.8 Å². The third-order valence-electron chi connectivity index (χ3n) is 4.21. The molecule has 0 spiro atoms. The summed E-state index contributed by atoms with van der Waals surface area (Å²) in [5, 5.41) is 20.5. The lowest BCUT2D eigenvalue weighted by atomic mass is 10.3. The van der Waals surface area contributed by atoms with Gasteiger partial charge in [0.25, 0.3) is 0 Å². The lowest BCUT2D eigenvalue weighted by molar-refractivity contribution is -0.113. The van der Waals surface area contributed by atoms with Crippen LogP contribution in [0.15, 0.2) is 72.4 Å². The van der Waals surface area contributed by atoms with E-state index in [0.717, 1.165) is 22.5 Å². The van der Waals surface area contributed by atoms with Gasteiger partial charge in [0.1, 0.15) is 12.1 Å². The molecule has 0 unspecified atom stereocenters. The number of anilines is 1. The molecule has 2 aromatic heterocycles. The third kappa shape index (κ3) is 4.35. The fourth-order valence-corrected chi connectivity index (χ4v) is 3.64. The molecule has 0 aliphatic heterocycles. The number of amides is 1. The summed E-state index contributed by atoms with van der Waals surface area (Å²) in [6, 6.07) is 17.1. The molecule has 9 heteroatoms. The number of para-hydroxylation sites is 2. The molecule has 1 amide bonds. The molecule has 0 saturated carbocycles. The molecule has 0 saturated heterocycles. The minimum atomic E-state index is -0.0989. The number of carbonyl (C=O) groups is 1. The second-order valence-electron chi connectivity index (χ2n) is 6.24. The molecule has 0 aliphatic rings. The molecule has 0 radical (unpaired) electrons. The van der Waals surface area contributed by atoms with Crippen molar-refractivity contribution in [3.63, 3.8) is 0 Å². The van der Waals surface area contributed by atoms with E-state index in [9.17, 15) is 4.79 Å². The first-order valence-corrected chi connectivity index (χ1v) is 10.0. The van der Waals surface area contributed by atoms with E-state index in [1.54, 1.807) is 10.8 Å². The van der Waals surface area contributed by atoms with Crippen molar-refractivity contribution in [3.8, 4) is 0 Å². The Balaban J connectivity index is 1.47. The molecule has 4 aromatic rings. The Bertz CT molecular complexity index is 1140. The summed E-state index contributed by atoms with van der Waals surface area (Å²) in [5.41, 5.74) is 2.52. The molecule has 0 aliphatic carbocycles. The van der Waals surface area contributed by atoms with Crippen LogP contribution in [-0.4, -0.2) is 41.4 Å². The largest absolute Gasteiger partial charge is 0.325 e. The molecule has 8 nitrogen and oxygen atoms in total. The summed E-state index contributed by atoms with van der Waals surface area (Å²) in [5.74, 6) is 0.862. The van der Waals surface area contributed by atoms with Gasteiger partial charge in [-0.25, -0.2) is 4.68 Å². The number of fused-ring (bicyclic) bond motifs is 1. The average molecular weight is 405 g/mol. The van der Waals surface area contributed by atoms with Crippen LogP contribution in [0.3, 0.4) is 0 Å². The number of thioether (sulfide) groups is 1. The topological polar surface area (TPSA) is 90.5 Å². The number of carbonyl (C=O) groups excluding carboxylic acids is 1. The summed E-state index contributed by atoms with van der Waals surface area (Å²) in [4.78, 5) is 12.2. The number of rotatable bonds is 8. The van der Waals surface area contributed by atoms with Crippen molar-refractivity contribution in [1.82, 2.24) is 29.8 Å². The monoisotopic (exact) mass is 405 g/mol. The second kappa shape index (κ2) is 8.70. The Labute approximate surface area is 171 Å². The van der Waals surface area contributed by atoms with Gasteiger partial charge < -0.3 is 9.88 Å². The number of aromatic nitrogens is 6. The van der Waals surface area contributed by atoms with Gasteiger partial charge in [-0.15, -0.1) is 21.9 Å². The summed E-state index contributed by atoms with van der Waals surface area (Å²) >= 11 is 1.34. The zero-order chi connectivity index (χ0) is 20.1. The first-order chi connectivity index (χ1) is 14.2. The SMILES string of the molecule is C=CCn1c(Cn2nnc3ccccc32)nnc1SCC(=O)Nc1ccccc1. The number of benzene rings is 2. The van der Waals surface area contributed by atoms with E-state index in [2.05, 4.69) is 32.4 Å². The zero-order valence-electron chi connectivity index (χ0n) is 15.6. The van der Waals surface area contributed by atoms with Crippen molar-refractivity contribution in [2.75, 3.05) is 11.1 Å². The van der Waals surface area contributed by atoms with E-state index in [-0.39, 0.29) is 11.7 Å². The first-order valence-electron chi connectivity index (χ1n) is 9.03. The minimum Gasteiger partial charge on any atom is -0.325 e. The van der Waals surface area contributed by atoms with Gasteiger partial charge in [-0.1, -0.05) is 53.4 Å². The van der Waals surface area contributed by atoms with Gasteiger partial charge in [0.2, 0.25) is 5.91 Å². The molecule has 0 fully saturated rings. The van der Waals surface area contributed by atoms with E-state index in [0.29, 0.717) is 18.2 Å². The maximum absolute atomic E-state index is 12.2. The first kappa shape index (κ1) is 18.9. The molecule has 29 heavy (non-hydrogen) atoms. The summed E-state index contributed by atoms with van der Waals surface area (Å²) in [6.07, 6.45) is 1.78. The fraction of sp³-hybridized carbons (Fsp3) is 0.150. The van der Waals surface area contributed by atoms with E-state index < -0.39 is 0 Å². The molecular weight excluding hydrogens is 386 g/mol. The Kier molecular flexibility index (Phi) is 5.66. The predicted molar refractivity (Wildman–Crippen MR) is 113 cm³/mol.